The Morgan fingerprint density at radius 1 is 1.08 bits per heavy atom. The van der Waals surface area contributed by atoms with E-state index in [4.69, 9.17) is 0 Å². The number of rotatable bonds is 6. The minimum atomic E-state index is -0.623. The molecule has 0 bridgehead atoms. The lowest BCUT2D eigenvalue weighted by Crippen LogP contribution is -2.52. The van der Waals surface area contributed by atoms with E-state index in [1.165, 1.54) is 5.56 Å². The second-order valence-corrected chi connectivity index (χ2v) is 9.72. The summed E-state index contributed by atoms with van der Waals surface area (Å²) in [5.74, 6) is -0.857. The van der Waals surface area contributed by atoms with Gasteiger partial charge in [0.15, 0.2) is 0 Å². The Balaban J connectivity index is 1.27. The highest BCUT2D eigenvalue weighted by Gasteiger charge is 2.39. The Bertz CT molecular complexity index is 1530. The molecule has 2 aliphatic rings. The molecule has 2 atom stereocenters. The van der Waals surface area contributed by atoms with E-state index in [0.717, 1.165) is 27.9 Å². The third-order valence-electron chi connectivity index (χ3n) is 7.31. The first kappa shape index (κ1) is 23.1. The number of aromatic nitrogens is 2. The molecule has 8 heteroatoms. The number of benzene rings is 2. The van der Waals surface area contributed by atoms with Crippen molar-refractivity contribution in [2.24, 2.45) is 0 Å². The number of carbonyl (C=O) groups is 3. The molecule has 0 spiro atoms. The van der Waals surface area contributed by atoms with Gasteiger partial charge in [0.1, 0.15) is 6.04 Å². The molecule has 6 rings (SSSR count). The molecule has 1 unspecified atom stereocenters. The van der Waals surface area contributed by atoms with E-state index in [-0.39, 0.29) is 24.3 Å². The van der Waals surface area contributed by atoms with Gasteiger partial charge in [0.25, 0.3) is 5.91 Å². The summed E-state index contributed by atoms with van der Waals surface area (Å²) in [6.07, 6.45) is 4.23. The normalized spacial score (nSPS) is 18.2. The van der Waals surface area contributed by atoms with E-state index in [0.29, 0.717) is 25.1 Å². The first-order valence-electron chi connectivity index (χ1n) is 12.5. The van der Waals surface area contributed by atoms with Gasteiger partial charge in [0, 0.05) is 31.1 Å². The molecule has 2 N–H and O–H groups in total. The van der Waals surface area contributed by atoms with Gasteiger partial charge in [-0.3, -0.25) is 24.1 Å². The molecular formula is C29H27N5O3. The second-order valence-electron chi connectivity index (χ2n) is 9.72. The van der Waals surface area contributed by atoms with Gasteiger partial charge in [-0.25, -0.2) is 4.98 Å². The van der Waals surface area contributed by atoms with Gasteiger partial charge in [-0.1, -0.05) is 36.4 Å². The predicted octanol–water partition coefficient (Wildman–Crippen LogP) is 3.61. The largest absolute Gasteiger partial charge is 0.322 e. The molecule has 3 amide bonds. The number of imide groups is 1. The van der Waals surface area contributed by atoms with Gasteiger partial charge in [0.05, 0.1) is 23.7 Å². The number of amides is 3. The van der Waals surface area contributed by atoms with E-state index in [9.17, 15) is 14.4 Å². The SMILES string of the molecule is C[C@@H](NCc1cc(-c2ccc3c(c2)CN(C2CCC(=O)NC2=O)C3=O)n2cncc2c1)c1ccccc1. The number of hydrogen-bond donors (Lipinski definition) is 2. The van der Waals surface area contributed by atoms with Crippen LogP contribution in [0.15, 0.2) is 73.2 Å². The van der Waals surface area contributed by atoms with Crippen molar-refractivity contribution in [1.29, 1.82) is 0 Å². The maximum atomic E-state index is 13.1. The van der Waals surface area contributed by atoms with E-state index >= 15 is 0 Å². The first-order chi connectivity index (χ1) is 18.0. The Kier molecular flexibility index (Phi) is 5.81. The standard InChI is InChI=1S/C29H27N5O3/c1-18(20-5-3-2-4-6-20)31-14-19-11-23-15-30-17-34(23)26(12-19)21-7-8-24-22(13-21)16-33(29(24)37)25-9-10-27(35)32-28(25)36/h2-8,11-13,15,17-18,25,31H,9-10,14,16H2,1H3,(H,32,35,36)/t18-,25?/m1/s1. The summed E-state index contributed by atoms with van der Waals surface area (Å²) in [6.45, 7) is 3.19. The van der Waals surface area contributed by atoms with Crippen LogP contribution in [0.1, 0.15) is 52.9 Å². The highest BCUT2D eigenvalue weighted by Crippen LogP contribution is 2.32. The molecule has 1 saturated heterocycles. The predicted molar refractivity (Wildman–Crippen MR) is 138 cm³/mol. The maximum absolute atomic E-state index is 13.1. The topological polar surface area (TPSA) is 95.8 Å². The lowest BCUT2D eigenvalue weighted by atomic mass is 10.0. The number of pyridine rings is 1. The Morgan fingerprint density at radius 2 is 1.92 bits per heavy atom. The number of hydrogen-bond acceptors (Lipinski definition) is 5. The molecule has 2 aliphatic heterocycles. The van der Waals surface area contributed by atoms with Crippen molar-refractivity contribution >= 4 is 23.2 Å². The lowest BCUT2D eigenvalue weighted by molar-refractivity contribution is -0.136. The van der Waals surface area contributed by atoms with Crippen molar-refractivity contribution in [1.82, 2.24) is 24.9 Å². The van der Waals surface area contributed by atoms with Gasteiger partial charge in [-0.2, -0.15) is 0 Å². The molecule has 1 fully saturated rings. The minimum absolute atomic E-state index is 0.170. The molecule has 186 valence electrons. The average Bonchev–Trinajstić information content (AvgIpc) is 3.51. The highest BCUT2D eigenvalue weighted by atomic mass is 16.2. The maximum Gasteiger partial charge on any atom is 0.255 e. The zero-order chi connectivity index (χ0) is 25.5. The first-order valence-corrected chi connectivity index (χ1v) is 12.5. The number of piperidine rings is 1. The van der Waals surface area contributed by atoms with Crippen LogP contribution in [-0.4, -0.2) is 38.0 Å². The van der Waals surface area contributed by atoms with Crippen LogP contribution < -0.4 is 10.6 Å². The fraction of sp³-hybridized carbons (Fsp3) is 0.241. The smallest absolute Gasteiger partial charge is 0.255 e. The number of nitrogens with zero attached hydrogens (tertiary/aromatic N) is 3. The summed E-state index contributed by atoms with van der Waals surface area (Å²) in [5.41, 5.74) is 6.78. The number of nitrogens with one attached hydrogen (secondary N) is 2. The van der Waals surface area contributed by atoms with Crippen LogP contribution in [0, 0.1) is 0 Å². The number of carbonyl (C=O) groups excluding carboxylic acids is 3. The van der Waals surface area contributed by atoms with Gasteiger partial charge < -0.3 is 10.2 Å². The van der Waals surface area contributed by atoms with Gasteiger partial charge in [-0.15, -0.1) is 0 Å². The second kappa shape index (κ2) is 9.29. The van der Waals surface area contributed by atoms with Crippen LogP contribution >= 0.6 is 0 Å². The van der Waals surface area contributed by atoms with Crippen LogP contribution in [0.5, 0.6) is 0 Å². The average molecular weight is 494 g/mol. The van der Waals surface area contributed by atoms with Crippen LogP contribution in [-0.2, 0) is 22.7 Å². The molecule has 0 saturated carbocycles. The number of imidazole rings is 1. The molecule has 8 nitrogen and oxygen atoms in total. The zero-order valence-corrected chi connectivity index (χ0v) is 20.5. The van der Waals surface area contributed by atoms with Crippen molar-refractivity contribution in [3.8, 4) is 11.3 Å². The minimum Gasteiger partial charge on any atom is -0.322 e. The Morgan fingerprint density at radius 3 is 2.73 bits per heavy atom. The third kappa shape index (κ3) is 4.29. The molecule has 0 radical (unpaired) electrons. The zero-order valence-electron chi connectivity index (χ0n) is 20.5. The van der Waals surface area contributed by atoms with Crippen molar-refractivity contribution in [2.75, 3.05) is 0 Å². The molecule has 4 aromatic rings. The molecule has 2 aromatic heterocycles. The molecule has 4 heterocycles. The van der Waals surface area contributed by atoms with Crippen LogP contribution in [0.3, 0.4) is 0 Å². The van der Waals surface area contributed by atoms with Gasteiger partial charge >= 0.3 is 0 Å². The van der Waals surface area contributed by atoms with Crippen molar-refractivity contribution < 1.29 is 14.4 Å². The third-order valence-corrected chi connectivity index (χ3v) is 7.31. The summed E-state index contributed by atoms with van der Waals surface area (Å²) in [7, 11) is 0. The van der Waals surface area contributed by atoms with E-state index < -0.39 is 11.9 Å². The highest BCUT2D eigenvalue weighted by molar-refractivity contribution is 6.05. The van der Waals surface area contributed by atoms with E-state index in [1.807, 2.05) is 47.0 Å². The summed E-state index contributed by atoms with van der Waals surface area (Å²) < 4.78 is 2.04. The fourth-order valence-electron chi connectivity index (χ4n) is 5.28. The van der Waals surface area contributed by atoms with Crippen LogP contribution in [0.2, 0.25) is 0 Å². The van der Waals surface area contributed by atoms with Crippen molar-refractivity contribution in [3.05, 3.63) is 95.4 Å². The Hall–Kier alpha value is -4.30. The Labute approximate surface area is 214 Å². The fourth-order valence-corrected chi connectivity index (χ4v) is 5.28. The molecular weight excluding hydrogens is 466 g/mol. The summed E-state index contributed by atoms with van der Waals surface area (Å²) in [6, 6.07) is 20.0. The molecule has 0 aliphatic carbocycles. The van der Waals surface area contributed by atoms with Crippen LogP contribution in [0.25, 0.3) is 16.8 Å². The summed E-state index contributed by atoms with van der Waals surface area (Å²) in [5, 5.41) is 5.96. The van der Waals surface area contributed by atoms with Gasteiger partial charge in [0.2, 0.25) is 11.8 Å². The van der Waals surface area contributed by atoms with E-state index in [1.54, 1.807) is 11.2 Å². The lowest BCUT2D eigenvalue weighted by Gasteiger charge is -2.29. The van der Waals surface area contributed by atoms with E-state index in [2.05, 4.69) is 46.8 Å². The molecule has 37 heavy (non-hydrogen) atoms. The van der Waals surface area contributed by atoms with Gasteiger partial charge in [-0.05, 0) is 59.9 Å². The van der Waals surface area contributed by atoms with Crippen LogP contribution in [0.4, 0.5) is 0 Å². The van der Waals surface area contributed by atoms with Crippen molar-refractivity contribution in [2.45, 2.75) is 44.9 Å². The molecule has 2 aromatic carbocycles. The number of fused-ring (bicyclic) bond motifs is 2. The summed E-state index contributed by atoms with van der Waals surface area (Å²) in [4.78, 5) is 43.0. The monoisotopic (exact) mass is 493 g/mol. The quantitative estimate of drug-likeness (QED) is 0.400. The summed E-state index contributed by atoms with van der Waals surface area (Å²) >= 11 is 0. The van der Waals surface area contributed by atoms with Crippen molar-refractivity contribution in [3.63, 3.8) is 0 Å².